The second-order valence-electron chi connectivity index (χ2n) is 7.15. The standard InChI is InChI=1S/C22H27N3/c1-13-8-9-19(15(3)10-13)20-18(6)24-25(7)22(20)23-21-16(4)11-14(2)12-17(21)5/h8-12,23H,1-7H3. The number of hydrogen-bond acceptors (Lipinski definition) is 2. The lowest BCUT2D eigenvalue weighted by Crippen LogP contribution is -2.03. The summed E-state index contributed by atoms with van der Waals surface area (Å²) in [4.78, 5) is 0. The predicted octanol–water partition coefficient (Wildman–Crippen LogP) is 5.68. The molecule has 130 valence electrons. The summed E-state index contributed by atoms with van der Waals surface area (Å²) in [6.07, 6.45) is 0. The Kier molecular flexibility index (Phi) is 4.42. The number of benzene rings is 2. The number of anilines is 2. The molecule has 1 N–H and O–H groups in total. The van der Waals surface area contributed by atoms with E-state index in [-0.39, 0.29) is 0 Å². The SMILES string of the molecule is Cc1ccc(-c2c(C)nn(C)c2Nc2c(C)cc(C)cc2C)c(C)c1. The first-order chi connectivity index (χ1) is 11.8. The minimum Gasteiger partial charge on any atom is -0.339 e. The maximum absolute atomic E-state index is 4.68. The first-order valence-corrected chi connectivity index (χ1v) is 8.74. The molecule has 0 spiro atoms. The van der Waals surface area contributed by atoms with Crippen molar-refractivity contribution in [2.45, 2.75) is 41.5 Å². The molecule has 0 saturated heterocycles. The molecule has 0 bridgehead atoms. The molecule has 1 aromatic heterocycles. The fourth-order valence-electron chi connectivity index (χ4n) is 3.71. The van der Waals surface area contributed by atoms with Crippen LogP contribution in [0.3, 0.4) is 0 Å². The van der Waals surface area contributed by atoms with Crippen molar-refractivity contribution < 1.29 is 0 Å². The Morgan fingerprint density at radius 2 is 1.40 bits per heavy atom. The second-order valence-corrected chi connectivity index (χ2v) is 7.15. The summed E-state index contributed by atoms with van der Waals surface area (Å²) in [7, 11) is 2.00. The van der Waals surface area contributed by atoms with Gasteiger partial charge in [-0.15, -0.1) is 0 Å². The zero-order valence-corrected chi connectivity index (χ0v) is 16.3. The van der Waals surface area contributed by atoms with E-state index in [0.717, 1.165) is 11.5 Å². The molecule has 0 atom stereocenters. The zero-order chi connectivity index (χ0) is 18.3. The molecule has 3 heteroatoms. The lowest BCUT2D eigenvalue weighted by molar-refractivity contribution is 0.764. The smallest absolute Gasteiger partial charge is 0.136 e. The average Bonchev–Trinajstić information content (AvgIpc) is 2.77. The fourth-order valence-corrected chi connectivity index (χ4v) is 3.71. The largest absolute Gasteiger partial charge is 0.339 e. The van der Waals surface area contributed by atoms with Crippen LogP contribution in [0.5, 0.6) is 0 Å². The molecule has 0 amide bonds. The van der Waals surface area contributed by atoms with Gasteiger partial charge in [-0.1, -0.05) is 41.5 Å². The molecule has 0 radical (unpaired) electrons. The van der Waals surface area contributed by atoms with Gasteiger partial charge in [-0.05, 0) is 63.8 Å². The minimum atomic E-state index is 1.04. The lowest BCUT2D eigenvalue weighted by atomic mass is 9.98. The van der Waals surface area contributed by atoms with Gasteiger partial charge < -0.3 is 5.32 Å². The zero-order valence-electron chi connectivity index (χ0n) is 16.3. The molecular weight excluding hydrogens is 306 g/mol. The predicted molar refractivity (Wildman–Crippen MR) is 107 cm³/mol. The van der Waals surface area contributed by atoms with Gasteiger partial charge in [0, 0.05) is 18.3 Å². The van der Waals surface area contributed by atoms with Crippen LogP contribution in [0.4, 0.5) is 11.5 Å². The van der Waals surface area contributed by atoms with E-state index in [4.69, 9.17) is 0 Å². The van der Waals surface area contributed by atoms with Gasteiger partial charge in [-0.3, -0.25) is 4.68 Å². The molecule has 25 heavy (non-hydrogen) atoms. The Morgan fingerprint density at radius 3 is 2.00 bits per heavy atom. The quantitative estimate of drug-likeness (QED) is 0.668. The number of hydrogen-bond donors (Lipinski definition) is 1. The van der Waals surface area contributed by atoms with Crippen LogP contribution in [-0.2, 0) is 7.05 Å². The highest BCUT2D eigenvalue weighted by Crippen LogP contribution is 2.36. The highest BCUT2D eigenvalue weighted by atomic mass is 15.3. The van der Waals surface area contributed by atoms with E-state index >= 15 is 0 Å². The number of aromatic nitrogens is 2. The molecule has 1 heterocycles. The summed E-state index contributed by atoms with van der Waals surface area (Å²) < 4.78 is 1.95. The third-order valence-electron chi connectivity index (χ3n) is 4.79. The van der Waals surface area contributed by atoms with Gasteiger partial charge in [-0.2, -0.15) is 5.10 Å². The third kappa shape index (κ3) is 3.19. The number of nitrogens with one attached hydrogen (secondary N) is 1. The average molecular weight is 333 g/mol. The van der Waals surface area contributed by atoms with Crippen LogP contribution < -0.4 is 5.32 Å². The van der Waals surface area contributed by atoms with E-state index in [9.17, 15) is 0 Å². The van der Waals surface area contributed by atoms with Crippen molar-refractivity contribution >= 4 is 11.5 Å². The van der Waals surface area contributed by atoms with Crippen LogP contribution in [0.1, 0.15) is 33.5 Å². The van der Waals surface area contributed by atoms with Gasteiger partial charge in [0.25, 0.3) is 0 Å². The molecule has 3 aromatic rings. The summed E-state index contributed by atoms with van der Waals surface area (Å²) in [6, 6.07) is 11.0. The van der Waals surface area contributed by atoms with Crippen LogP contribution in [0.15, 0.2) is 30.3 Å². The highest BCUT2D eigenvalue weighted by molar-refractivity contribution is 5.83. The monoisotopic (exact) mass is 333 g/mol. The van der Waals surface area contributed by atoms with Gasteiger partial charge in [0.1, 0.15) is 5.82 Å². The van der Waals surface area contributed by atoms with Crippen molar-refractivity contribution in [1.82, 2.24) is 9.78 Å². The van der Waals surface area contributed by atoms with Crippen molar-refractivity contribution in [2.24, 2.45) is 7.05 Å². The van der Waals surface area contributed by atoms with Crippen molar-refractivity contribution in [1.29, 1.82) is 0 Å². The first kappa shape index (κ1) is 17.3. The van der Waals surface area contributed by atoms with Crippen LogP contribution >= 0.6 is 0 Å². The normalized spacial score (nSPS) is 11.0. The lowest BCUT2D eigenvalue weighted by Gasteiger charge is -2.16. The van der Waals surface area contributed by atoms with Crippen molar-refractivity contribution in [2.75, 3.05) is 5.32 Å². The van der Waals surface area contributed by atoms with Crippen LogP contribution in [0, 0.1) is 41.5 Å². The molecule has 0 aliphatic rings. The molecule has 0 saturated carbocycles. The highest BCUT2D eigenvalue weighted by Gasteiger charge is 2.18. The number of nitrogens with zero attached hydrogens (tertiary/aromatic N) is 2. The Bertz CT molecular complexity index is 925. The minimum absolute atomic E-state index is 1.04. The van der Waals surface area contributed by atoms with E-state index in [2.05, 4.69) is 82.3 Å². The number of rotatable bonds is 3. The Balaban J connectivity index is 2.16. The summed E-state index contributed by atoms with van der Waals surface area (Å²) in [5.41, 5.74) is 11.0. The summed E-state index contributed by atoms with van der Waals surface area (Å²) in [6.45, 7) is 12.8. The van der Waals surface area contributed by atoms with E-state index in [1.807, 2.05) is 11.7 Å². The first-order valence-electron chi connectivity index (χ1n) is 8.74. The van der Waals surface area contributed by atoms with E-state index < -0.39 is 0 Å². The second kappa shape index (κ2) is 6.40. The van der Waals surface area contributed by atoms with Crippen molar-refractivity contribution in [3.63, 3.8) is 0 Å². The van der Waals surface area contributed by atoms with Crippen LogP contribution in [0.25, 0.3) is 11.1 Å². The van der Waals surface area contributed by atoms with Crippen LogP contribution in [-0.4, -0.2) is 9.78 Å². The molecular formula is C22H27N3. The maximum atomic E-state index is 4.68. The van der Waals surface area contributed by atoms with Gasteiger partial charge >= 0.3 is 0 Å². The Labute approximate surface area is 150 Å². The Morgan fingerprint density at radius 1 is 0.800 bits per heavy atom. The maximum Gasteiger partial charge on any atom is 0.136 e. The third-order valence-corrected chi connectivity index (χ3v) is 4.79. The van der Waals surface area contributed by atoms with Crippen molar-refractivity contribution in [3.05, 3.63) is 63.8 Å². The van der Waals surface area contributed by atoms with Gasteiger partial charge in [0.15, 0.2) is 0 Å². The van der Waals surface area contributed by atoms with E-state index in [1.165, 1.54) is 44.6 Å². The summed E-state index contributed by atoms with van der Waals surface area (Å²) >= 11 is 0. The molecule has 3 rings (SSSR count). The van der Waals surface area contributed by atoms with Crippen molar-refractivity contribution in [3.8, 4) is 11.1 Å². The molecule has 3 nitrogen and oxygen atoms in total. The molecule has 0 unspecified atom stereocenters. The molecule has 0 aliphatic carbocycles. The summed E-state index contributed by atoms with van der Waals surface area (Å²) in [5, 5.41) is 8.34. The van der Waals surface area contributed by atoms with E-state index in [1.54, 1.807) is 0 Å². The van der Waals surface area contributed by atoms with Gasteiger partial charge in [0.2, 0.25) is 0 Å². The molecule has 2 aromatic carbocycles. The van der Waals surface area contributed by atoms with Crippen LogP contribution in [0.2, 0.25) is 0 Å². The summed E-state index contributed by atoms with van der Waals surface area (Å²) in [5.74, 6) is 1.04. The molecule has 0 aliphatic heterocycles. The Hall–Kier alpha value is -2.55. The topological polar surface area (TPSA) is 29.9 Å². The van der Waals surface area contributed by atoms with Gasteiger partial charge in [-0.25, -0.2) is 0 Å². The van der Waals surface area contributed by atoms with Gasteiger partial charge in [0.05, 0.1) is 5.69 Å². The fraction of sp³-hybridized carbons (Fsp3) is 0.318. The number of aryl methyl sites for hydroxylation is 7. The molecule has 0 fully saturated rings. The van der Waals surface area contributed by atoms with E-state index in [0.29, 0.717) is 0 Å².